The highest BCUT2D eigenvalue weighted by molar-refractivity contribution is 14.0. The van der Waals surface area contributed by atoms with Gasteiger partial charge < -0.3 is 15.2 Å². The Bertz CT molecular complexity index is 439. The zero-order valence-electron chi connectivity index (χ0n) is 13.2. The standard InChI is InChI=1S/C15H26N4O.HI/c1-4-11(5-2)14-9-13(20-19-14)10-17-15(16-6-3)18-12-7-8-12;/h9,11-12H,4-8,10H2,1-3H3,(H2,16,17,18);1H. The van der Waals surface area contributed by atoms with Gasteiger partial charge in [0, 0.05) is 24.6 Å². The molecule has 1 aliphatic rings. The summed E-state index contributed by atoms with van der Waals surface area (Å²) in [5, 5.41) is 10.8. The predicted molar refractivity (Wildman–Crippen MR) is 96.2 cm³/mol. The molecule has 0 atom stereocenters. The van der Waals surface area contributed by atoms with Crippen LogP contribution in [0.15, 0.2) is 15.6 Å². The van der Waals surface area contributed by atoms with Crippen molar-refractivity contribution >= 4 is 29.9 Å². The zero-order chi connectivity index (χ0) is 14.4. The lowest BCUT2D eigenvalue weighted by Crippen LogP contribution is -2.38. The van der Waals surface area contributed by atoms with Crippen molar-refractivity contribution in [3.63, 3.8) is 0 Å². The fourth-order valence-electron chi connectivity index (χ4n) is 2.20. The molecule has 1 aliphatic carbocycles. The lowest BCUT2D eigenvalue weighted by molar-refractivity contribution is 0.372. The van der Waals surface area contributed by atoms with Crippen LogP contribution in [0, 0.1) is 0 Å². The fourth-order valence-corrected chi connectivity index (χ4v) is 2.20. The van der Waals surface area contributed by atoms with Crippen LogP contribution in [-0.4, -0.2) is 23.7 Å². The maximum atomic E-state index is 5.39. The minimum Gasteiger partial charge on any atom is -0.359 e. The van der Waals surface area contributed by atoms with Crippen LogP contribution in [0.2, 0.25) is 0 Å². The summed E-state index contributed by atoms with van der Waals surface area (Å²) < 4.78 is 5.39. The van der Waals surface area contributed by atoms with Gasteiger partial charge in [-0.2, -0.15) is 0 Å². The molecule has 0 saturated heterocycles. The minimum atomic E-state index is 0. The molecule has 2 N–H and O–H groups in total. The third-order valence-corrected chi connectivity index (χ3v) is 3.64. The van der Waals surface area contributed by atoms with E-state index < -0.39 is 0 Å². The van der Waals surface area contributed by atoms with Crippen LogP contribution in [0.25, 0.3) is 0 Å². The van der Waals surface area contributed by atoms with Crippen molar-refractivity contribution < 1.29 is 4.52 Å². The van der Waals surface area contributed by atoms with E-state index in [1.54, 1.807) is 0 Å². The molecule has 0 aliphatic heterocycles. The van der Waals surface area contributed by atoms with Crippen LogP contribution in [0.1, 0.15) is 63.8 Å². The van der Waals surface area contributed by atoms with E-state index in [0.29, 0.717) is 18.5 Å². The Morgan fingerprint density at radius 3 is 2.67 bits per heavy atom. The Morgan fingerprint density at radius 2 is 2.10 bits per heavy atom. The third kappa shape index (κ3) is 5.84. The molecule has 120 valence electrons. The Hall–Kier alpha value is -0.790. The van der Waals surface area contributed by atoms with E-state index in [9.17, 15) is 0 Å². The monoisotopic (exact) mass is 406 g/mol. The summed E-state index contributed by atoms with van der Waals surface area (Å²) in [4.78, 5) is 4.55. The van der Waals surface area contributed by atoms with Crippen molar-refractivity contribution in [3.8, 4) is 0 Å². The summed E-state index contributed by atoms with van der Waals surface area (Å²) in [6, 6.07) is 2.64. The number of rotatable bonds is 7. The SMILES string of the molecule is CCNC(=NCc1cc(C(CC)CC)no1)NC1CC1.I. The molecule has 0 radical (unpaired) electrons. The highest BCUT2D eigenvalue weighted by Gasteiger charge is 2.22. The van der Waals surface area contributed by atoms with Gasteiger partial charge in [-0.15, -0.1) is 24.0 Å². The normalized spacial score (nSPS) is 15.0. The summed E-state index contributed by atoms with van der Waals surface area (Å²) in [6.45, 7) is 7.85. The van der Waals surface area contributed by atoms with Crippen LogP contribution < -0.4 is 10.6 Å². The van der Waals surface area contributed by atoms with Crippen LogP contribution in [0.3, 0.4) is 0 Å². The number of aliphatic imine (C=N–C) groups is 1. The van der Waals surface area contributed by atoms with Crippen molar-refractivity contribution in [2.75, 3.05) is 6.54 Å². The fraction of sp³-hybridized carbons (Fsp3) is 0.733. The number of halogens is 1. The van der Waals surface area contributed by atoms with Crippen LogP contribution in [0.5, 0.6) is 0 Å². The first-order valence-corrected chi connectivity index (χ1v) is 7.77. The van der Waals surface area contributed by atoms with Crippen molar-refractivity contribution in [1.82, 2.24) is 15.8 Å². The minimum absolute atomic E-state index is 0. The number of aromatic nitrogens is 1. The Labute approximate surface area is 144 Å². The Kier molecular flexibility index (Phi) is 8.06. The van der Waals surface area contributed by atoms with Crippen molar-refractivity contribution in [2.24, 2.45) is 4.99 Å². The molecule has 0 spiro atoms. The zero-order valence-corrected chi connectivity index (χ0v) is 15.5. The van der Waals surface area contributed by atoms with Crippen LogP contribution >= 0.6 is 24.0 Å². The van der Waals surface area contributed by atoms with E-state index in [1.807, 2.05) is 6.07 Å². The van der Waals surface area contributed by atoms with Gasteiger partial charge in [-0.3, -0.25) is 0 Å². The highest BCUT2D eigenvalue weighted by atomic mass is 127. The maximum Gasteiger partial charge on any atom is 0.191 e. The number of nitrogens with zero attached hydrogens (tertiary/aromatic N) is 2. The molecule has 1 saturated carbocycles. The van der Waals surface area contributed by atoms with Gasteiger partial charge in [-0.25, -0.2) is 4.99 Å². The summed E-state index contributed by atoms with van der Waals surface area (Å²) in [5.74, 6) is 2.20. The summed E-state index contributed by atoms with van der Waals surface area (Å²) in [6.07, 6.45) is 4.67. The van der Waals surface area contributed by atoms with Gasteiger partial charge in [-0.1, -0.05) is 19.0 Å². The van der Waals surface area contributed by atoms with E-state index in [2.05, 4.69) is 41.6 Å². The molecule has 6 heteroatoms. The number of hydrogen-bond donors (Lipinski definition) is 2. The molecule has 0 amide bonds. The largest absolute Gasteiger partial charge is 0.359 e. The van der Waals surface area contributed by atoms with Gasteiger partial charge in [0.1, 0.15) is 6.54 Å². The van der Waals surface area contributed by atoms with Gasteiger partial charge in [0.05, 0.1) is 5.69 Å². The van der Waals surface area contributed by atoms with E-state index in [1.165, 1.54) is 12.8 Å². The van der Waals surface area contributed by atoms with E-state index >= 15 is 0 Å². The summed E-state index contributed by atoms with van der Waals surface area (Å²) in [5.41, 5.74) is 1.06. The van der Waals surface area contributed by atoms with Gasteiger partial charge in [0.2, 0.25) is 0 Å². The van der Waals surface area contributed by atoms with Crippen molar-refractivity contribution in [2.45, 2.75) is 65.0 Å². The number of nitrogens with one attached hydrogen (secondary N) is 2. The molecular formula is C15H27IN4O. The first kappa shape index (κ1) is 18.3. The lowest BCUT2D eigenvalue weighted by atomic mass is 9.99. The van der Waals surface area contributed by atoms with Gasteiger partial charge in [-0.05, 0) is 32.6 Å². The second-order valence-electron chi connectivity index (χ2n) is 5.35. The summed E-state index contributed by atoms with van der Waals surface area (Å²) in [7, 11) is 0. The third-order valence-electron chi connectivity index (χ3n) is 3.64. The first-order valence-electron chi connectivity index (χ1n) is 7.77. The second kappa shape index (κ2) is 9.27. The van der Waals surface area contributed by atoms with Gasteiger partial charge >= 0.3 is 0 Å². The van der Waals surface area contributed by atoms with E-state index in [-0.39, 0.29) is 24.0 Å². The van der Waals surface area contributed by atoms with Crippen LogP contribution in [0.4, 0.5) is 0 Å². The molecule has 1 aromatic rings. The summed E-state index contributed by atoms with van der Waals surface area (Å²) >= 11 is 0. The average molecular weight is 406 g/mol. The van der Waals surface area contributed by atoms with Crippen molar-refractivity contribution in [1.29, 1.82) is 0 Å². The second-order valence-corrected chi connectivity index (χ2v) is 5.35. The molecule has 0 unspecified atom stereocenters. The smallest absolute Gasteiger partial charge is 0.191 e. The van der Waals surface area contributed by atoms with Gasteiger partial charge in [0.15, 0.2) is 11.7 Å². The van der Waals surface area contributed by atoms with Gasteiger partial charge in [0.25, 0.3) is 0 Å². The molecule has 21 heavy (non-hydrogen) atoms. The first-order chi connectivity index (χ1) is 9.76. The molecular weight excluding hydrogens is 379 g/mol. The Balaban J connectivity index is 0.00000220. The number of guanidine groups is 1. The maximum absolute atomic E-state index is 5.39. The molecule has 5 nitrogen and oxygen atoms in total. The molecule has 1 fully saturated rings. The van der Waals surface area contributed by atoms with Crippen LogP contribution in [-0.2, 0) is 6.54 Å². The average Bonchev–Trinajstić information content (AvgIpc) is 3.14. The lowest BCUT2D eigenvalue weighted by Gasteiger charge is -2.09. The topological polar surface area (TPSA) is 62.5 Å². The molecule has 1 aromatic heterocycles. The molecule has 1 heterocycles. The van der Waals surface area contributed by atoms with Crippen molar-refractivity contribution in [3.05, 3.63) is 17.5 Å². The quantitative estimate of drug-likeness (QED) is 0.414. The molecule has 2 rings (SSSR count). The molecule has 0 aromatic carbocycles. The van der Waals surface area contributed by atoms with E-state index in [0.717, 1.165) is 36.8 Å². The van der Waals surface area contributed by atoms with E-state index in [4.69, 9.17) is 4.52 Å². The predicted octanol–water partition coefficient (Wildman–Crippen LogP) is 3.41. The highest BCUT2D eigenvalue weighted by Crippen LogP contribution is 2.22. The number of hydrogen-bond acceptors (Lipinski definition) is 3. The Morgan fingerprint density at radius 1 is 1.38 bits per heavy atom. The molecule has 0 bridgehead atoms.